The molecule has 0 radical (unpaired) electrons. The van der Waals surface area contributed by atoms with Crippen LogP contribution < -0.4 is 4.90 Å². The minimum absolute atomic E-state index is 0.555. The summed E-state index contributed by atoms with van der Waals surface area (Å²) in [5, 5.41) is 2.30. The van der Waals surface area contributed by atoms with Gasteiger partial charge in [0.25, 0.3) is 0 Å². The van der Waals surface area contributed by atoms with Gasteiger partial charge in [-0.2, -0.15) is 0 Å². The number of para-hydroxylation sites is 2. The lowest BCUT2D eigenvalue weighted by Crippen LogP contribution is -2.26. The first-order valence-electron chi connectivity index (χ1n) is 22.8. The van der Waals surface area contributed by atoms with E-state index >= 15 is 0 Å². The molecule has 0 bridgehead atoms. The molecule has 304 valence electrons. The standard InChI is InChI=1S/C63H41NO/c1-2-15-41(16-3-1)47-19-8-12-26-57(47)64(45-35-33-40(34-36-45)44-32-31-43-30-29-42-17-4-5-18-46(42)52(43)39-44)58-27-14-25-55-60(58)50-21-6-10-23-53(50)63(55)54-24-11-7-22-51(54)61-56(63)38-37-49-48-20-9-13-28-59(48)65-62(49)61/h1-28,31-39H,29-30H2. The van der Waals surface area contributed by atoms with E-state index in [9.17, 15) is 0 Å². The van der Waals surface area contributed by atoms with Gasteiger partial charge >= 0.3 is 0 Å². The molecular formula is C63H41NO. The van der Waals surface area contributed by atoms with Gasteiger partial charge in [0.1, 0.15) is 11.2 Å². The molecule has 0 amide bonds. The fraction of sp³-hybridized carbons (Fsp3) is 0.0476. The summed E-state index contributed by atoms with van der Waals surface area (Å²) in [7, 11) is 0. The molecule has 1 unspecified atom stereocenters. The Labute approximate surface area is 378 Å². The van der Waals surface area contributed by atoms with Crippen LogP contribution in [0.4, 0.5) is 17.1 Å². The predicted molar refractivity (Wildman–Crippen MR) is 268 cm³/mol. The van der Waals surface area contributed by atoms with Crippen LogP contribution in [0.25, 0.3) is 77.6 Å². The molecule has 1 spiro atoms. The van der Waals surface area contributed by atoms with Gasteiger partial charge in [-0.25, -0.2) is 0 Å². The van der Waals surface area contributed by atoms with E-state index in [1.807, 2.05) is 0 Å². The Kier molecular flexibility index (Phi) is 7.76. The molecule has 0 aliphatic heterocycles. The predicted octanol–water partition coefficient (Wildman–Crippen LogP) is 16.5. The fourth-order valence-electron chi connectivity index (χ4n) is 11.9. The van der Waals surface area contributed by atoms with Gasteiger partial charge < -0.3 is 9.32 Å². The minimum Gasteiger partial charge on any atom is -0.455 e. The number of furan rings is 1. The summed E-state index contributed by atoms with van der Waals surface area (Å²) in [6, 6.07) is 83.2. The quantitative estimate of drug-likeness (QED) is 0.172. The second kappa shape index (κ2) is 13.9. The highest BCUT2D eigenvalue weighted by molar-refractivity contribution is 6.13. The molecule has 65 heavy (non-hydrogen) atoms. The molecule has 3 aliphatic rings. The van der Waals surface area contributed by atoms with E-state index in [1.54, 1.807) is 0 Å². The van der Waals surface area contributed by atoms with Gasteiger partial charge in [-0.05, 0) is 122 Å². The first-order chi connectivity index (χ1) is 32.3. The highest BCUT2D eigenvalue weighted by atomic mass is 16.3. The summed E-state index contributed by atoms with van der Waals surface area (Å²) in [5.41, 5.74) is 25.1. The van der Waals surface area contributed by atoms with E-state index in [0.29, 0.717) is 0 Å². The van der Waals surface area contributed by atoms with E-state index < -0.39 is 5.41 Å². The Bertz CT molecular complexity index is 3730. The monoisotopic (exact) mass is 827 g/mol. The van der Waals surface area contributed by atoms with Crippen molar-refractivity contribution in [2.24, 2.45) is 0 Å². The van der Waals surface area contributed by atoms with Crippen LogP contribution in [0.3, 0.4) is 0 Å². The molecule has 1 heterocycles. The molecule has 2 nitrogen and oxygen atoms in total. The lowest BCUT2D eigenvalue weighted by Gasteiger charge is -2.32. The van der Waals surface area contributed by atoms with E-state index in [4.69, 9.17) is 4.42 Å². The molecule has 14 rings (SSSR count). The summed E-state index contributed by atoms with van der Waals surface area (Å²) >= 11 is 0. The zero-order chi connectivity index (χ0) is 42.6. The molecule has 0 N–H and O–H groups in total. The Hall–Kier alpha value is -8.20. The Morgan fingerprint density at radius 2 is 0.954 bits per heavy atom. The van der Waals surface area contributed by atoms with Gasteiger partial charge in [-0.3, -0.25) is 0 Å². The summed E-state index contributed by atoms with van der Waals surface area (Å²) in [4.78, 5) is 2.51. The normalized spacial score (nSPS) is 15.0. The number of aryl methyl sites for hydroxylation is 2. The minimum atomic E-state index is -0.555. The highest BCUT2D eigenvalue weighted by Crippen LogP contribution is 2.66. The SMILES string of the molecule is c1ccc(-c2ccccc2N(c2ccc(-c3ccc4c(c3)-c3ccccc3CC4)cc2)c2cccc3c2-c2ccccc2C32c3ccccc3-c3c2ccc2c3oc3ccccc32)cc1. The maximum atomic E-state index is 6.84. The van der Waals surface area contributed by atoms with Crippen molar-refractivity contribution in [2.75, 3.05) is 4.90 Å². The van der Waals surface area contributed by atoms with Gasteiger partial charge in [0.2, 0.25) is 0 Å². The van der Waals surface area contributed by atoms with Gasteiger partial charge in [-0.1, -0.05) is 188 Å². The number of anilines is 3. The molecule has 3 aliphatic carbocycles. The third-order valence-corrected chi connectivity index (χ3v) is 14.6. The third kappa shape index (κ3) is 5.11. The van der Waals surface area contributed by atoms with E-state index in [2.05, 4.69) is 229 Å². The summed E-state index contributed by atoms with van der Waals surface area (Å²) in [5.74, 6) is 0. The maximum absolute atomic E-state index is 6.84. The smallest absolute Gasteiger partial charge is 0.143 e. The lowest BCUT2D eigenvalue weighted by atomic mass is 9.70. The van der Waals surface area contributed by atoms with E-state index in [1.165, 1.54) is 89.0 Å². The molecule has 10 aromatic carbocycles. The number of nitrogens with zero attached hydrogens (tertiary/aromatic N) is 1. The molecule has 0 saturated heterocycles. The zero-order valence-electron chi connectivity index (χ0n) is 35.6. The Morgan fingerprint density at radius 3 is 1.77 bits per heavy atom. The lowest BCUT2D eigenvalue weighted by molar-refractivity contribution is 0.669. The second-order valence-corrected chi connectivity index (χ2v) is 17.8. The summed E-state index contributed by atoms with van der Waals surface area (Å²) < 4.78 is 6.84. The first kappa shape index (κ1) is 36.3. The third-order valence-electron chi connectivity index (χ3n) is 14.6. The zero-order valence-corrected chi connectivity index (χ0v) is 35.6. The van der Waals surface area contributed by atoms with Crippen LogP contribution >= 0.6 is 0 Å². The average Bonchev–Trinajstić information content (AvgIpc) is 4.01. The number of hydrogen-bond acceptors (Lipinski definition) is 2. The molecular weight excluding hydrogens is 787 g/mol. The largest absolute Gasteiger partial charge is 0.455 e. The molecule has 1 aromatic heterocycles. The molecule has 2 heteroatoms. The van der Waals surface area contributed by atoms with Crippen LogP contribution in [-0.4, -0.2) is 0 Å². The van der Waals surface area contributed by atoms with Gasteiger partial charge in [0.15, 0.2) is 0 Å². The van der Waals surface area contributed by atoms with Crippen LogP contribution in [-0.2, 0) is 18.3 Å². The van der Waals surface area contributed by atoms with Crippen molar-refractivity contribution in [3.05, 3.63) is 258 Å². The van der Waals surface area contributed by atoms with Crippen molar-refractivity contribution < 1.29 is 4.42 Å². The van der Waals surface area contributed by atoms with Crippen molar-refractivity contribution in [3.8, 4) is 55.6 Å². The summed E-state index contributed by atoms with van der Waals surface area (Å²) in [6.45, 7) is 0. The van der Waals surface area contributed by atoms with Crippen molar-refractivity contribution >= 4 is 39.0 Å². The highest BCUT2D eigenvalue weighted by Gasteiger charge is 2.53. The van der Waals surface area contributed by atoms with Crippen LogP contribution in [0, 0.1) is 0 Å². The molecule has 0 fully saturated rings. The van der Waals surface area contributed by atoms with Crippen molar-refractivity contribution in [3.63, 3.8) is 0 Å². The van der Waals surface area contributed by atoms with Crippen LogP contribution in [0.15, 0.2) is 229 Å². The van der Waals surface area contributed by atoms with Gasteiger partial charge in [0.05, 0.1) is 16.8 Å². The van der Waals surface area contributed by atoms with Crippen LogP contribution in [0.1, 0.15) is 33.4 Å². The average molecular weight is 828 g/mol. The second-order valence-electron chi connectivity index (χ2n) is 17.8. The molecule has 0 saturated carbocycles. The topological polar surface area (TPSA) is 16.4 Å². The molecule has 1 atom stereocenters. The molecule has 11 aromatic rings. The number of rotatable bonds is 5. The van der Waals surface area contributed by atoms with E-state index in [-0.39, 0.29) is 0 Å². The van der Waals surface area contributed by atoms with E-state index in [0.717, 1.165) is 51.8 Å². The van der Waals surface area contributed by atoms with Crippen LogP contribution in [0.2, 0.25) is 0 Å². The maximum Gasteiger partial charge on any atom is 0.143 e. The van der Waals surface area contributed by atoms with Crippen molar-refractivity contribution in [1.82, 2.24) is 0 Å². The fourth-order valence-corrected chi connectivity index (χ4v) is 11.9. The van der Waals surface area contributed by atoms with Crippen molar-refractivity contribution in [1.29, 1.82) is 0 Å². The van der Waals surface area contributed by atoms with Gasteiger partial charge in [-0.15, -0.1) is 0 Å². The Morgan fingerprint density at radius 1 is 0.354 bits per heavy atom. The number of fused-ring (bicyclic) bond motifs is 17. The summed E-state index contributed by atoms with van der Waals surface area (Å²) in [6.07, 6.45) is 2.17. The first-order valence-corrected chi connectivity index (χ1v) is 22.8. The van der Waals surface area contributed by atoms with Crippen LogP contribution in [0.5, 0.6) is 0 Å². The van der Waals surface area contributed by atoms with Crippen molar-refractivity contribution in [2.45, 2.75) is 18.3 Å². The number of hydrogen-bond donors (Lipinski definition) is 0. The Balaban J connectivity index is 1.00. The van der Waals surface area contributed by atoms with Gasteiger partial charge in [0, 0.05) is 33.2 Å². The number of benzene rings is 10.